The second-order valence-electron chi connectivity index (χ2n) is 4.39. The van der Waals surface area contributed by atoms with Crippen LogP contribution in [0, 0.1) is 6.92 Å². The molecule has 1 heterocycles. The van der Waals surface area contributed by atoms with E-state index in [2.05, 4.69) is 15.3 Å². The first-order valence-electron chi connectivity index (χ1n) is 6.18. The molecule has 21 heavy (non-hydrogen) atoms. The lowest BCUT2D eigenvalue weighted by molar-refractivity contribution is -0.141. The topological polar surface area (TPSA) is 47.0 Å². The van der Waals surface area contributed by atoms with E-state index in [1.54, 1.807) is 19.2 Å². The maximum absolute atomic E-state index is 12.7. The second-order valence-corrected chi connectivity index (χ2v) is 4.39. The summed E-state index contributed by atoms with van der Waals surface area (Å²) < 4.78 is 43.1. The predicted molar refractivity (Wildman–Crippen MR) is 72.1 cm³/mol. The molecule has 0 saturated heterocycles. The molecule has 2 aromatic rings. The molecule has 0 aliphatic carbocycles. The standard InChI is InChI=1S/C14H14F3N3O/c1-9-19-12(14(15,16)17)7-13(20-9)18-8-10-4-3-5-11(6-10)21-2/h3-7H,8H2,1-2H3,(H,18,19,20). The summed E-state index contributed by atoms with van der Waals surface area (Å²) in [6, 6.07) is 8.13. The van der Waals surface area contributed by atoms with E-state index in [0.717, 1.165) is 11.6 Å². The van der Waals surface area contributed by atoms with Crippen LogP contribution in [0.3, 0.4) is 0 Å². The summed E-state index contributed by atoms with van der Waals surface area (Å²) in [6.07, 6.45) is -4.49. The van der Waals surface area contributed by atoms with Gasteiger partial charge in [-0.25, -0.2) is 9.97 Å². The minimum Gasteiger partial charge on any atom is -0.497 e. The van der Waals surface area contributed by atoms with E-state index < -0.39 is 11.9 Å². The van der Waals surface area contributed by atoms with Gasteiger partial charge in [0.1, 0.15) is 23.1 Å². The zero-order valence-corrected chi connectivity index (χ0v) is 11.5. The predicted octanol–water partition coefficient (Wildman–Crippen LogP) is 3.42. The van der Waals surface area contributed by atoms with Crippen molar-refractivity contribution in [1.29, 1.82) is 0 Å². The van der Waals surface area contributed by atoms with Crippen LogP contribution in [0.1, 0.15) is 17.1 Å². The van der Waals surface area contributed by atoms with Crippen molar-refractivity contribution in [3.63, 3.8) is 0 Å². The Balaban J connectivity index is 2.14. The largest absolute Gasteiger partial charge is 0.497 e. The van der Waals surface area contributed by atoms with Crippen LogP contribution < -0.4 is 10.1 Å². The Labute approximate surface area is 120 Å². The number of hydrogen-bond donors (Lipinski definition) is 1. The summed E-state index contributed by atoms with van der Waals surface area (Å²) >= 11 is 0. The van der Waals surface area contributed by atoms with Crippen molar-refractivity contribution >= 4 is 5.82 Å². The Morgan fingerprint density at radius 1 is 1.19 bits per heavy atom. The minimum absolute atomic E-state index is 0.0676. The molecular weight excluding hydrogens is 283 g/mol. The van der Waals surface area contributed by atoms with Gasteiger partial charge in [-0.3, -0.25) is 0 Å². The average molecular weight is 297 g/mol. The van der Waals surface area contributed by atoms with Gasteiger partial charge >= 0.3 is 6.18 Å². The SMILES string of the molecule is COc1cccc(CNc2cc(C(F)(F)F)nc(C)n2)c1. The number of benzene rings is 1. The molecule has 7 heteroatoms. The van der Waals surface area contributed by atoms with Crippen LogP contribution in [0.4, 0.5) is 19.0 Å². The fourth-order valence-electron chi connectivity index (χ4n) is 1.78. The van der Waals surface area contributed by atoms with Crippen molar-refractivity contribution in [2.45, 2.75) is 19.6 Å². The van der Waals surface area contributed by atoms with Crippen LogP contribution in [0.15, 0.2) is 30.3 Å². The number of alkyl halides is 3. The summed E-state index contributed by atoms with van der Waals surface area (Å²) in [7, 11) is 1.55. The molecule has 112 valence electrons. The van der Waals surface area contributed by atoms with E-state index in [4.69, 9.17) is 4.74 Å². The highest BCUT2D eigenvalue weighted by Crippen LogP contribution is 2.28. The van der Waals surface area contributed by atoms with Gasteiger partial charge in [0, 0.05) is 12.6 Å². The molecule has 1 aromatic carbocycles. The molecule has 0 amide bonds. The van der Waals surface area contributed by atoms with E-state index >= 15 is 0 Å². The lowest BCUT2D eigenvalue weighted by Crippen LogP contribution is -2.12. The van der Waals surface area contributed by atoms with Gasteiger partial charge in [0.25, 0.3) is 0 Å². The molecule has 0 saturated carbocycles. The quantitative estimate of drug-likeness (QED) is 0.939. The summed E-state index contributed by atoms with van der Waals surface area (Å²) in [6.45, 7) is 1.76. The highest BCUT2D eigenvalue weighted by molar-refractivity contribution is 5.39. The van der Waals surface area contributed by atoms with E-state index in [9.17, 15) is 13.2 Å². The van der Waals surface area contributed by atoms with Crippen molar-refractivity contribution in [1.82, 2.24) is 9.97 Å². The van der Waals surface area contributed by atoms with Crippen LogP contribution in [-0.4, -0.2) is 17.1 Å². The number of anilines is 1. The molecular formula is C14H14F3N3O. The van der Waals surface area contributed by atoms with E-state index in [1.165, 1.54) is 6.92 Å². The molecule has 2 rings (SSSR count). The molecule has 1 aromatic heterocycles. The molecule has 0 unspecified atom stereocenters. The van der Waals surface area contributed by atoms with Crippen LogP contribution in [0.2, 0.25) is 0 Å². The number of aromatic nitrogens is 2. The molecule has 0 aliphatic heterocycles. The van der Waals surface area contributed by atoms with E-state index in [1.807, 2.05) is 12.1 Å². The third-order valence-corrected chi connectivity index (χ3v) is 2.74. The van der Waals surface area contributed by atoms with Crippen molar-refractivity contribution in [3.8, 4) is 5.75 Å². The Bertz CT molecular complexity index is 629. The van der Waals surface area contributed by atoms with Gasteiger partial charge in [-0.15, -0.1) is 0 Å². The zero-order valence-electron chi connectivity index (χ0n) is 11.5. The number of nitrogens with zero attached hydrogens (tertiary/aromatic N) is 2. The molecule has 4 nitrogen and oxygen atoms in total. The number of ether oxygens (including phenoxy) is 1. The van der Waals surface area contributed by atoms with Crippen molar-refractivity contribution in [3.05, 3.63) is 47.4 Å². The van der Waals surface area contributed by atoms with Gasteiger partial charge in [0.05, 0.1) is 7.11 Å². The molecule has 0 radical (unpaired) electrons. The first kappa shape index (κ1) is 15.1. The minimum atomic E-state index is -4.49. The maximum Gasteiger partial charge on any atom is 0.433 e. The number of rotatable bonds is 4. The lowest BCUT2D eigenvalue weighted by Gasteiger charge is -2.11. The van der Waals surface area contributed by atoms with Crippen molar-refractivity contribution in [2.75, 3.05) is 12.4 Å². The monoisotopic (exact) mass is 297 g/mol. The molecule has 1 N–H and O–H groups in total. The summed E-state index contributed by atoms with van der Waals surface area (Å²) in [5.41, 5.74) is -0.0812. The van der Waals surface area contributed by atoms with Gasteiger partial charge in [-0.1, -0.05) is 12.1 Å². The van der Waals surface area contributed by atoms with E-state index in [-0.39, 0.29) is 11.6 Å². The highest BCUT2D eigenvalue weighted by Gasteiger charge is 2.33. The first-order chi connectivity index (χ1) is 9.88. The van der Waals surface area contributed by atoms with Gasteiger partial charge in [0.2, 0.25) is 0 Å². The summed E-state index contributed by atoms with van der Waals surface area (Å²) in [5.74, 6) is 0.889. The van der Waals surface area contributed by atoms with Crippen LogP contribution in [-0.2, 0) is 12.7 Å². The fraction of sp³-hybridized carbons (Fsp3) is 0.286. The van der Waals surface area contributed by atoms with Crippen molar-refractivity contribution in [2.24, 2.45) is 0 Å². The Morgan fingerprint density at radius 2 is 1.95 bits per heavy atom. The van der Waals surface area contributed by atoms with Gasteiger partial charge in [-0.2, -0.15) is 13.2 Å². The smallest absolute Gasteiger partial charge is 0.433 e. The Hall–Kier alpha value is -2.31. The average Bonchev–Trinajstić information content (AvgIpc) is 2.44. The zero-order chi connectivity index (χ0) is 15.5. The summed E-state index contributed by atoms with van der Waals surface area (Å²) in [5, 5.41) is 2.86. The Morgan fingerprint density at radius 3 is 2.62 bits per heavy atom. The summed E-state index contributed by atoms with van der Waals surface area (Å²) in [4.78, 5) is 7.34. The van der Waals surface area contributed by atoms with Gasteiger partial charge in [0.15, 0.2) is 0 Å². The number of halogens is 3. The third-order valence-electron chi connectivity index (χ3n) is 2.74. The third kappa shape index (κ3) is 4.08. The normalized spacial score (nSPS) is 11.3. The lowest BCUT2D eigenvalue weighted by atomic mass is 10.2. The van der Waals surface area contributed by atoms with Gasteiger partial charge in [-0.05, 0) is 24.6 Å². The number of methoxy groups -OCH3 is 1. The molecule has 0 bridgehead atoms. The molecule has 0 atom stereocenters. The van der Waals surface area contributed by atoms with Crippen molar-refractivity contribution < 1.29 is 17.9 Å². The molecule has 0 fully saturated rings. The van der Waals surface area contributed by atoms with Crippen LogP contribution in [0.5, 0.6) is 5.75 Å². The molecule has 0 spiro atoms. The number of nitrogens with one attached hydrogen (secondary N) is 1. The first-order valence-corrected chi connectivity index (χ1v) is 6.18. The maximum atomic E-state index is 12.7. The Kier molecular flexibility index (Phi) is 4.30. The number of aryl methyl sites for hydroxylation is 1. The fourth-order valence-corrected chi connectivity index (χ4v) is 1.78. The highest BCUT2D eigenvalue weighted by atomic mass is 19.4. The number of hydrogen-bond acceptors (Lipinski definition) is 4. The molecule has 0 aliphatic rings. The second kappa shape index (κ2) is 5.99. The van der Waals surface area contributed by atoms with E-state index in [0.29, 0.717) is 12.3 Å². The van der Waals surface area contributed by atoms with Gasteiger partial charge < -0.3 is 10.1 Å². The van der Waals surface area contributed by atoms with Crippen LogP contribution >= 0.6 is 0 Å². The van der Waals surface area contributed by atoms with Crippen LogP contribution in [0.25, 0.3) is 0 Å².